The monoisotopic (exact) mass is 316 g/mol. The molecule has 6 nitrogen and oxygen atoms in total. The largest absolute Gasteiger partial charge is 0.505 e. The number of nitrogens with zero attached hydrogens (tertiary/aromatic N) is 2. The van der Waals surface area contributed by atoms with Gasteiger partial charge >= 0.3 is 0 Å². The predicted octanol–water partition coefficient (Wildman–Crippen LogP) is 0.737. The molecule has 8 heteroatoms. The fourth-order valence-electron chi connectivity index (χ4n) is 2.00. The van der Waals surface area contributed by atoms with Crippen LogP contribution in [0, 0.1) is 0 Å². The fraction of sp³-hybridized carbons (Fsp3) is 0.500. The highest BCUT2D eigenvalue weighted by atomic mass is 32.2. The lowest BCUT2D eigenvalue weighted by atomic mass is 10.3. The number of rotatable bonds is 3. The van der Waals surface area contributed by atoms with Gasteiger partial charge in [-0.15, -0.1) is 0 Å². The number of hydrogen-bond acceptors (Lipinski definition) is 6. The van der Waals surface area contributed by atoms with Crippen molar-refractivity contribution >= 4 is 27.5 Å². The van der Waals surface area contributed by atoms with Crippen LogP contribution in [-0.2, 0) is 9.84 Å². The van der Waals surface area contributed by atoms with Crippen LogP contribution in [0.15, 0.2) is 18.3 Å². The summed E-state index contributed by atoms with van der Waals surface area (Å²) >= 11 is 1.51. The Balaban J connectivity index is 2.34. The molecule has 110 valence electrons. The highest BCUT2D eigenvalue weighted by molar-refractivity contribution is 8.01. The van der Waals surface area contributed by atoms with Crippen molar-refractivity contribution in [3.63, 3.8) is 0 Å². The van der Waals surface area contributed by atoms with Gasteiger partial charge in [0.15, 0.2) is 15.5 Å². The lowest BCUT2D eigenvalue weighted by molar-refractivity contribution is 0.0740. The summed E-state index contributed by atoms with van der Waals surface area (Å²) in [6, 6.07) is 2.88. The summed E-state index contributed by atoms with van der Waals surface area (Å²) in [6.07, 6.45) is 1.40. The van der Waals surface area contributed by atoms with E-state index in [1.54, 1.807) is 6.92 Å². The SMILES string of the molecule is CCS(=O)(=O)C1CSCCN1C(=O)c1ncccc1O. The smallest absolute Gasteiger partial charge is 0.277 e. The first-order valence-electron chi connectivity index (χ1n) is 6.21. The Bertz CT molecular complexity index is 603. The second-order valence-corrected chi connectivity index (χ2v) is 7.95. The Kier molecular flexibility index (Phi) is 4.54. The summed E-state index contributed by atoms with van der Waals surface area (Å²) in [5.74, 6) is 0.245. The molecule has 20 heavy (non-hydrogen) atoms. The molecule has 2 heterocycles. The zero-order chi connectivity index (χ0) is 14.8. The molecule has 0 aromatic carbocycles. The van der Waals surface area contributed by atoms with Crippen LogP contribution in [0.1, 0.15) is 17.4 Å². The molecular weight excluding hydrogens is 300 g/mol. The van der Waals surface area contributed by atoms with Gasteiger partial charge in [-0.25, -0.2) is 13.4 Å². The van der Waals surface area contributed by atoms with E-state index < -0.39 is 21.1 Å². The molecule has 0 saturated carbocycles. The van der Waals surface area contributed by atoms with Crippen LogP contribution in [0.4, 0.5) is 0 Å². The second kappa shape index (κ2) is 6.01. The number of carbonyl (C=O) groups is 1. The number of thioether (sulfide) groups is 1. The minimum Gasteiger partial charge on any atom is -0.505 e. The van der Waals surface area contributed by atoms with Crippen molar-refractivity contribution in [3.8, 4) is 5.75 Å². The predicted molar refractivity (Wildman–Crippen MR) is 77.5 cm³/mol. The van der Waals surface area contributed by atoms with E-state index in [0.717, 1.165) is 0 Å². The third-order valence-corrected chi connectivity index (χ3v) is 6.44. The summed E-state index contributed by atoms with van der Waals surface area (Å²) < 4.78 is 24.2. The maximum Gasteiger partial charge on any atom is 0.277 e. The molecule has 1 amide bonds. The number of amides is 1. The minimum absolute atomic E-state index is 0.0177. The third kappa shape index (κ3) is 2.90. The second-order valence-electron chi connectivity index (χ2n) is 4.35. The van der Waals surface area contributed by atoms with Gasteiger partial charge in [0.1, 0.15) is 11.1 Å². The van der Waals surface area contributed by atoms with Crippen LogP contribution >= 0.6 is 11.8 Å². The average molecular weight is 316 g/mol. The normalized spacial score (nSPS) is 19.9. The maximum atomic E-state index is 12.4. The lowest BCUT2D eigenvalue weighted by Crippen LogP contribution is -2.50. The van der Waals surface area contributed by atoms with Gasteiger partial charge in [0.25, 0.3) is 5.91 Å². The van der Waals surface area contributed by atoms with Crippen molar-refractivity contribution in [2.45, 2.75) is 12.3 Å². The quantitative estimate of drug-likeness (QED) is 0.885. The van der Waals surface area contributed by atoms with Crippen LogP contribution < -0.4 is 0 Å². The van der Waals surface area contributed by atoms with Crippen molar-refractivity contribution in [2.24, 2.45) is 0 Å². The van der Waals surface area contributed by atoms with Crippen LogP contribution in [0.5, 0.6) is 5.75 Å². The Morgan fingerprint density at radius 3 is 3.00 bits per heavy atom. The molecular formula is C12H16N2O4S2. The van der Waals surface area contributed by atoms with Crippen molar-refractivity contribution in [1.82, 2.24) is 9.88 Å². The topological polar surface area (TPSA) is 87.6 Å². The molecule has 1 unspecified atom stereocenters. The van der Waals surface area contributed by atoms with E-state index in [2.05, 4.69) is 4.98 Å². The van der Waals surface area contributed by atoms with Gasteiger partial charge in [0, 0.05) is 30.0 Å². The van der Waals surface area contributed by atoms with E-state index in [9.17, 15) is 18.3 Å². The zero-order valence-electron chi connectivity index (χ0n) is 11.0. The zero-order valence-corrected chi connectivity index (χ0v) is 12.7. The molecule has 1 saturated heterocycles. The summed E-state index contributed by atoms with van der Waals surface area (Å²) in [5.41, 5.74) is -0.101. The molecule has 0 bridgehead atoms. The maximum absolute atomic E-state index is 12.4. The van der Waals surface area contributed by atoms with Crippen LogP contribution in [0.25, 0.3) is 0 Å². The molecule has 0 spiro atoms. The van der Waals surface area contributed by atoms with Crippen LogP contribution in [-0.4, -0.2) is 58.5 Å². The van der Waals surface area contributed by atoms with Gasteiger partial charge in [0.05, 0.1) is 0 Å². The minimum atomic E-state index is -3.36. The molecule has 0 aliphatic carbocycles. The van der Waals surface area contributed by atoms with E-state index in [0.29, 0.717) is 18.1 Å². The Morgan fingerprint density at radius 2 is 2.35 bits per heavy atom. The Labute approximate surface area is 122 Å². The number of carbonyl (C=O) groups excluding carboxylic acids is 1. The Hall–Kier alpha value is -1.28. The van der Waals surface area contributed by atoms with E-state index in [1.807, 2.05) is 0 Å². The molecule has 1 fully saturated rings. The fourth-order valence-corrected chi connectivity index (χ4v) is 4.97. The number of sulfone groups is 1. The summed E-state index contributed by atoms with van der Waals surface area (Å²) in [5, 5.41) is 8.85. The lowest BCUT2D eigenvalue weighted by Gasteiger charge is -2.34. The summed E-state index contributed by atoms with van der Waals surface area (Å²) in [4.78, 5) is 17.6. The van der Waals surface area contributed by atoms with Crippen molar-refractivity contribution in [2.75, 3.05) is 23.8 Å². The van der Waals surface area contributed by atoms with Crippen LogP contribution in [0.3, 0.4) is 0 Å². The molecule has 1 atom stereocenters. The van der Waals surface area contributed by atoms with E-state index in [4.69, 9.17) is 0 Å². The van der Waals surface area contributed by atoms with E-state index >= 15 is 0 Å². The number of aromatic hydroxyl groups is 1. The number of aromatic nitrogens is 1. The summed E-state index contributed by atoms with van der Waals surface area (Å²) in [6.45, 7) is 1.90. The molecule has 1 N–H and O–H groups in total. The van der Waals surface area contributed by atoms with Crippen molar-refractivity contribution in [3.05, 3.63) is 24.0 Å². The third-order valence-electron chi connectivity index (χ3n) is 3.15. The first-order chi connectivity index (χ1) is 9.47. The summed E-state index contributed by atoms with van der Waals surface area (Å²) in [7, 11) is -3.36. The number of hydrogen-bond donors (Lipinski definition) is 1. The molecule has 1 aliphatic heterocycles. The molecule has 0 radical (unpaired) electrons. The Morgan fingerprint density at radius 1 is 1.60 bits per heavy atom. The van der Waals surface area contributed by atoms with Gasteiger partial charge < -0.3 is 10.0 Å². The van der Waals surface area contributed by atoms with E-state index in [1.165, 1.54) is 35.0 Å². The van der Waals surface area contributed by atoms with E-state index in [-0.39, 0.29) is 17.2 Å². The van der Waals surface area contributed by atoms with Gasteiger partial charge in [-0.3, -0.25) is 4.79 Å². The molecule has 1 aliphatic rings. The van der Waals surface area contributed by atoms with Gasteiger partial charge in [-0.2, -0.15) is 11.8 Å². The van der Waals surface area contributed by atoms with Crippen molar-refractivity contribution < 1.29 is 18.3 Å². The molecule has 2 rings (SSSR count). The average Bonchev–Trinajstić information content (AvgIpc) is 2.47. The number of pyridine rings is 1. The van der Waals surface area contributed by atoms with Gasteiger partial charge in [-0.05, 0) is 12.1 Å². The first-order valence-corrected chi connectivity index (χ1v) is 9.08. The van der Waals surface area contributed by atoms with Gasteiger partial charge in [0.2, 0.25) is 0 Å². The highest BCUT2D eigenvalue weighted by Gasteiger charge is 2.37. The standard InChI is InChI=1S/C12H16N2O4S2/c1-2-20(17,18)10-8-19-7-6-14(10)12(16)11-9(15)4-3-5-13-11/h3-5,10,15H,2,6-8H2,1H3. The first kappa shape index (κ1) is 15.1. The highest BCUT2D eigenvalue weighted by Crippen LogP contribution is 2.25. The van der Waals surface area contributed by atoms with Gasteiger partial charge in [-0.1, -0.05) is 6.92 Å². The molecule has 1 aromatic rings. The van der Waals surface area contributed by atoms with Crippen molar-refractivity contribution in [1.29, 1.82) is 0 Å². The van der Waals surface area contributed by atoms with Crippen LogP contribution in [0.2, 0.25) is 0 Å². The molecule has 1 aromatic heterocycles.